The number of halogens is 3. The largest absolute Gasteiger partial charge is 0.490 e. The van der Waals surface area contributed by atoms with Gasteiger partial charge in [-0.2, -0.15) is 13.2 Å². The monoisotopic (exact) mass is 622 g/mol. The van der Waals surface area contributed by atoms with E-state index in [9.17, 15) is 37.5 Å². The number of benzene rings is 2. The number of carbonyl (C=O) groups excluding carboxylic acids is 3. The molecule has 14 heteroatoms. The standard InChI is InChI=1S/C28H36N4O5.C2HF3O2/c33-25(12-7-17-29-28(37)31-23-10-5-2-6-11-23)30-19-26(34)32-24(18-27(35)36)22-15-13-21(14-16-22)20-8-3-1-4-9-20;3-2(4,5)1(6)7/h1,3-4,8-9,13-16,23-24H,2,5-7,10-12,17-19H2,(H,30,33)(H,32,34)(H,35,36)(H2,29,31,37);(H,6,7). The predicted octanol–water partition coefficient (Wildman–Crippen LogP) is 4.15. The molecule has 1 atom stereocenters. The number of nitrogens with one attached hydrogen (secondary N) is 4. The summed E-state index contributed by atoms with van der Waals surface area (Å²) in [6.07, 6.45) is 0.742. The summed E-state index contributed by atoms with van der Waals surface area (Å²) < 4.78 is 31.7. The molecule has 1 unspecified atom stereocenters. The number of carbonyl (C=O) groups is 5. The summed E-state index contributed by atoms with van der Waals surface area (Å²) in [5.74, 6) is -4.59. The molecule has 4 amide bonds. The summed E-state index contributed by atoms with van der Waals surface area (Å²) in [5.41, 5.74) is 2.69. The minimum Gasteiger partial charge on any atom is -0.481 e. The van der Waals surface area contributed by atoms with E-state index in [0.29, 0.717) is 18.5 Å². The Morgan fingerprint density at radius 1 is 0.818 bits per heavy atom. The minimum atomic E-state index is -5.08. The molecule has 0 saturated heterocycles. The van der Waals surface area contributed by atoms with Crippen molar-refractivity contribution in [3.8, 4) is 11.1 Å². The van der Waals surface area contributed by atoms with Crippen LogP contribution in [0.2, 0.25) is 0 Å². The Bertz CT molecular complexity index is 1240. The van der Waals surface area contributed by atoms with Crippen LogP contribution < -0.4 is 21.3 Å². The molecular formula is C30H37F3N4O7. The number of carboxylic acids is 2. The van der Waals surface area contributed by atoms with Gasteiger partial charge in [-0.3, -0.25) is 14.4 Å². The van der Waals surface area contributed by atoms with E-state index >= 15 is 0 Å². The molecule has 1 fully saturated rings. The van der Waals surface area contributed by atoms with Gasteiger partial charge in [-0.1, -0.05) is 73.9 Å². The highest BCUT2D eigenvalue weighted by atomic mass is 19.4. The van der Waals surface area contributed by atoms with Crippen LogP contribution in [0.4, 0.5) is 18.0 Å². The molecule has 0 aromatic heterocycles. The van der Waals surface area contributed by atoms with Gasteiger partial charge in [-0.05, 0) is 36.0 Å². The zero-order chi connectivity index (χ0) is 32.5. The number of aliphatic carboxylic acids is 2. The number of alkyl halides is 3. The number of amides is 4. The average Bonchev–Trinajstić information content (AvgIpc) is 2.98. The van der Waals surface area contributed by atoms with Crippen LogP contribution in [-0.2, 0) is 19.2 Å². The molecule has 3 rings (SSSR count). The molecule has 2 aromatic rings. The molecule has 240 valence electrons. The fourth-order valence-electron chi connectivity index (χ4n) is 4.41. The summed E-state index contributed by atoms with van der Waals surface area (Å²) in [4.78, 5) is 56.7. The summed E-state index contributed by atoms with van der Waals surface area (Å²) >= 11 is 0. The lowest BCUT2D eigenvalue weighted by Gasteiger charge is -2.22. The van der Waals surface area contributed by atoms with Crippen molar-refractivity contribution in [1.29, 1.82) is 0 Å². The fourth-order valence-corrected chi connectivity index (χ4v) is 4.41. The minimum absolute atomic E-state index is 0.163. The van der Waals surface area contributed by atoms with Gasteiger partial charge in [0.1, 0.15) is 0 Å². The molecule has 0 radical (unpaired) electrons. The molecule has 0 spiro atoms. The van der Waals surface area contributed by atoms with E-state index in [1.54, 1.807) is 12.1 Å². The maximum atomic E-state index is 12.4. The van der Waals surface area contributed by atoms with Gasteiger partial charge in [0.15, 0.2) is 0 Å². The number of carboxylic acid groups (broad SMARTS) is 2. The van der Waals surface area contributed by atoms with E-state index in [1.807, 2.05) is 42.5 Å². The zero-order valence-corrected chi connectivity index (χ0v) is 24.0. The second-order valence-electron chi connectivity index (χ2n) is 10.1. The number of hydrogen-bond acceptors (Lipinski definition) is 5. The molecule has 2 aromatic carbocycles. The molecule has 1 saturated carbocycles. The third-order valence-electron chi connectivity index (χ3n) is 6.63. The third-order valence-corrected chi connectivity index (χ3v) is 6.63. The topological polar surface area (TPSA) is 174 Å². The van der Waals surface area contributed by atoms with Gasteiger partial charge in [0.05, 0.1) is 19.0 Å². The zero-order valence-electron chi connectivity index (χ0n) is 24.0. The van der Waals surface area contributed by atoms with Crippen molar-refractivity contribution in [2.24, 2.45) is 0 Å². The van der Waals surface area contributed by atoms with Gasteiger partial charge in [0.25, 0.3) is 0 Å². The van der Waals surface area contributed by atoms with Gasteiger partial charge in [0, 0.05) is 19.0 Å². The highest BCUT2D eigenvalue weighted by molar-refractivity contribution is 5.85. The van der Waals surface area contributed by atoms with Gasteiger partial charge in [-0.25, -0.2) is 9.59 Å². The first-order valence-electron chi connectivity index (χ1n) is 14.1. The highest BCUT2D eigenvalue weighted by Crippen LogP contribution is 2.23. The number of rotatable bonds is 12. The lowest BCUT2D eigenvalue weighted by Crippen LogP contribution is -2.43. The molecular weight excluding hydrogens is 585 g/mol. The van der Waals surface area contributed by atoms with Crippen LogP contribution in [0.15, 0.2) is 54.6 Å². The molecule has 44 heavy (non-hydrogen) atoms. The Morgan fingerprint density at radius 3 is 1.98 bits per heavy atom. The number of hydrogen-bond donors (Lipinski definition) is 6. The Morgan fingerprint density at radius 2 is 1.41 bits per heavy atom. The van der Waals surface area contributed by atoms with Gasteiger partial charge in [-0.15, -0.1) is 0 Å². The van der Waals surface area contributed by atoms with Crippen LogP contribution in [0, 0.1) is 0 Å². The van der Waals surface area contributed by atoms with Crippen molar-refractivity contribution in [2.75, 3.05) is 13.1 Å². The van der Waals surface area contributed by atoms with Crippen molar-refractivity contribution in [3.05, 3.63) is 60.2 Å². The second kappa shape index (κ2) is 18.1. The van der Waals surface area contributed by atoms with Gasteiger partial charge in [0.2, 0.25) is 11.8 Å². The van der Waals surface area contributed by atoms with Gasteiger partial charge >= 0.3 is 24.1 Å². The molecule has 1 aliphatic rings. The molecule has 1 aliphatic carbocycles. The number of urea groups is 1. The first-order valence-corrected chi connectivity index (χ1v) is 14.1. The molecule has 0 heterocycles. The fraction of sp³-hybridized carbons (Fsp3) is 0.433. The second-order valence-corrected chi connectivity index (χ2v) is 10.1. The smallest absolute Gasteiger partial charge is 0.481 e. The molecule has 11 nitrogen and oxygen atoms in total. The highest BCUT2D eigenvalue weighted by Gasteiger charge is 2.38. The first-order chi connectivity index (χ1) is 20.8. The van der Waals surface area contributed by atoms with Crippen LogP contribution in [0.3, 0.4) is 0 Å². The van der Waals surface area contributed by atoms with E-state index in [4.69, 9.17) is 9.90 Å². The SMILES string of the molecule is O=C(O)C(F)(F)F.O=C(O)CC(NC(=O)CNC(=O)CCCNC(=O)NC1CCCCC1)c1ccc(-c2ccccc2)cc1. The van der Waals surface area contributed by atoms with Crippen LogP contribution in [0.25, 0.3) is 11.1 Å². The first kappa shape index (κ1) is 35.6. The lowest BCUT2D eigenvalue weighted by molar-refractivity contribution is -0.192. The van der Waals surface area contributed by atoms with E-state index in [1.165, 1.54) is 6.42 Å². The quantitative estimate of drug-likeness (QED) is 0.193. The molecule has 0 aliphatic heterocycles. The summed E-state index contributed by atoms with van der Waals surface area (Å²) in [6.45, 7) is 0.102. The lowest BCUT2D eigenvalue weighted by atomic mass is 9.96. The average molecular weight is 623 g/mol. The van der Waals surface area contributed by atoms with Crippen molar-refractivity contribution in [3.63, 3.8) is 0 Å². The Balaban J connectivity index is 0.000000860. The summed E-state index contributed by atoms with van der Waals surface area (Å²) in [7, 11) is 0. The Kier molecular flexibility index (Phi) is 14.7. The van der Waals surface area contributed by atoms with Crippen molar-refractivity contribution < 1.29 is 47.4 Å². The van der Waals surface area contributed by atoms with Crippen molar-refractivity contribution in [1.82, 2.24) is 21.3 Å². The van der Waals surface area contributed by atoms with Crippen LogP contribution in [0.5, 0.6) is 0 Å². The van der Waals surface area contributed by atoms with E-state index in [-0.39, 0.29) is 37.4 Å². The van der Waals surface area contributed by atoms with Crippen LogP contribution in [-0.4, -0.2) is 65.3 Å². The maximum Gasteiger partial charge on any atom is 0.490 e. The van der Waals surface area contributed by atoms with E-state index in [2.05, 4.69) is 21.3 Å². The van der Waals surface area contributed by atoms with E-state index in [0.717, 1.165) is 36.8 Å². The summed E-state index contributed by atoms with van der Waals surface area (Å²) in [6, 6.07) is 16.4. The van der Waals surface area contributed by atoms with Crippen LogP contribution >= 0.6 is 0 Å². The molecule has 0 bridgehead atoms. The van der Waals surface area contributed by atoms with Gasteiger partial charge < -0.3 is 31.5 Å². The van der Waals surface area contributed by atoms with Crippen LogP contribution in [0.1, 0.15) is 63.0 Å². The van der Waals surface area contributed by atoms with Crippen molar-refractivity contribution >= 4 is 29.8 Å². The molecule has 6 N–H and O–H groups in total. The third kappa shape index (κ3) is 14.0. The Labute approximate surface area is 252 Å². The Hall–Kier alpha value is -4.62. The predicted molar refractivity (Wildman–Crippen MR) is 154 cm³/mol. The maximum absolute atomic E-state index is 12.4. The summed E-state index contributed by atoms with van der Waals surface area (Å²) in [5, 5.41) is 27.4. The van der Waals surface area contributed by atoms with E-state index < -0.39 is 30.1 Å². The normalized spacial score (nSPS) is 13.8. The van der Waals surface area contributed by atoms with Crippen molar-refractivity contribution in [2.45, 2.75) is 69.6 Å².